The van der Waals surface area contributed by atoms with E-state index in [0.29, 0.717) is 12.5 Å². The van der Waals surface area contributed by atoms with Gasteiger partial charge in [-0.15, -0.1) is 0 Å². The molecule has 0 amide bonds. The molecule has 100 valence electrons. The van der Waals surface area contributed by atoms with Gasteiger partial charge in [-0.05, 0) is 30.9 Å². The predicted molar refractivity (Wildman–Crippen MR) is 68.4 cm³/mol. The molecular formula is C11H14ClFN2O2S. The summed E-state index contributed by atoms with van der Waals surface area (Å²) in [6, 6.07) is 1.95. The highest BCUT2D eigenvalue weighted by molar-refractivity contribution is 7.89. The van der Waals surface area contributed by atoms with Gasteiger partial charge in [-0.25, -0.2) is 17.5 Å². The minimum atomic E-state index is -3.73. The van der Waals surface area contributed by atoms with Crippen LogP contribution in [0.1, 0.15) is 19.3 Å². The number of hydrogen-bond acceptors (Lipinski definition) is 3. The summed E-state index contributed by atoms with van der Waals surface area (Å²) in [5, 5.41) is -0.164. The monoisotopic (exact) mass is 292 g/mol. The summed E-state index contributed by atoms with van der Waals surface area (Å²) < 4.78 is 39.6. The molecule has 1 aliphatic carbocycles. The van der Waals surface area contributed by atoms with Crippen LogP contribution in [0.15, 0.2) is 17.0 Å². The Bertz CT molecular complexity index is 558. The molecule has 1 saturated carbocycles. The van der Waals surface area contributed by atoms with Crippen molar-refractivity contribution in [3.63, 3.8) is 0 Å². The maximum Gasteiger partial charge on any atom is 0.242 e. The summed E-state index contributed by atoms with van der Waals surface area (Å²) in [5.74, 6) is -0.339. The van der Waals surface area contributed by atoms with Gasteiger partial charge in [0.25, 0.3) is 0 Å². The Balaban J connectivity index is 2.20. The van der Waals surface area contributed by atoms with E-state index in [9.17, 15) is 12.8 Å². The van der Waals surface area contributed by atoms with E-state index in [1.807, 2.05) is 0 Å². The second-order valence-corrected chi connectivity index (χ2v) is 6.60. The fourth-order valence-corrected chi connectivity index (χ4v) is 3.42. The average Bonchev–Trinajstić information content (AvgIpc) is 2.20. The highest BCUT2D eigenvalue weighted by Gasteiger charge is 2.23. The standard InChI is InChI=1S/C11H14ClFN2O2S/c12-8-4-9(13)10(14)5-11(8)18(16,17)15-6-7-2-1-3-7/h4-5,7,15H,1-3,6,14H2. The number of anilines is 1. The van der Waals surface area contributed by atoms with Gasteiger partial charge in [0.2, 0.25) is 10.0 Å². The van der Waals surface area contributed by atoms with Crippen LogP contribution in [0.2, 0.25) is 5.02 Å². The van der Waals surface area contributed by atoms with Gasteiger partial charge in [0.15, 0.2) is 0 Å². The first-order valence-corrected chi connectivity index (χ1v) is 7.50. The number of nitrogen functional groups attached to an aromatic ring is 1. The Hall–Kier alpha value is -0.850. The molecule has 1 aliphatic rings. The Morgan fingerprint density at radius 2 is 2.11 bits per heavy atom. The molecule has 0 aromatic heterocycles. The summed E-state index contributed by atoms with van der Waals surface area (Å²) in [7, 11) is -3.73. The first-order valence-electron chi connectivity index (χ1n) is 5.64. The molecule has 18 heavy (non-hydrogen) atoms. The normalized spacial score (nSPS) is 16.6. The van der Waals surface area contributed by atoms with Crippen molar-refractivity contribution in [2.75, 3.05) is 12.3 Å². The molecule has 0 spiro atoms. The molecular weight excluding hydrogens is 279 g/mol. The first kappa shape index (κ1) is 13.6. The second-order valence-electron chi connectivity index (χ2n) is 4.45. The fraction of sp³-hybridized carbons (Fsp3) is 0.455. The summed E-state index contributed by atoms with van der Waals surface area (Å²) in [4.78, 5) is -0.178. The Morgan fingerprint density at radius 1 is 1.44 bits per heavy atom. The zero-order valence-corrected chi connectivity index (χ0v) is 11.2. The van der Waals surface area contributed by atoms with Crippen LogP contribution in [0.4, 0.5) is 10.1 Å². The number of sulfonamides is 1. The van der Waals surface area contributed by atoms with Gasteiger partial charge in [0.1, 0.15) is 10.7 Å². The van der Waals surface area contributed by atoms with E-state index >= 15 is 0 Å². The third-order valence-corrected chi connectivity index (χ3v) is 5.02. The molecule has 0 radical (unpaired) electrons. The van der Waals surface area contributed by atoms with Crippen molar-refractivity contribution in [2.24, 2.45) is 5.92 Å². The zero-order chi connectivity index (χ0) is 13.3. The van der Waals surface area contributed by atoms with E-state index in [4.69, 9.17) is 17.3 Å². The lowest BCUT2D eigenvalue weighted by molar-refractivity contribution is 0.316. The largest absolute Gasteiger partial charge is 0.396 e. The molecule has 3 N–H and O–H groups in total. The van der Waals surface area contributed by atoms with Crippen LogP contribution >= 0.6 is 11.6 Å². The van der Waals surface area contributed by atoms with E-state index in [2.05, 4.69) is 4.72 Å². The van der Waals surface area contributed by atoms with Crippen LogP contribution < -0.4 is 10.5 Å². The summed E-state index contributed by atoms with van der Waals surface area (Å²) in [6.07, 6.45) is 3.19. The lowest BCUT2D eigenvalue weighted by Crippen LogP contribution is -2.32. The molecule has 0 atom stereocenters. The minimum Gasteiger partial charge on any atom is -0.396 e. The van der Waals surface area contributed by atoms with Crippen molar-refractivity contribution in [1.29, 1.82) is 0 Å². The van der Waals surface area contributed by atoms with E-state index < -0.39 is 15.8 Å². The Kier molecular flexibility index (Phi) is 3.79. The quantitative estimate of drug-likeness (QED) is 0.835. The van der Waals surface area contributed by atoms with Gasteiger partial charge >= 0.3 is 0 Å². The summed E-state index contributed by atoms with van der Waals surface area (Å²) in [5.41, 5.74) is 5.12. The van der Waals surface area contributed by atoms with E-state index in [1.54, 1.807) is 0 Å². The molecule has 1 fully saturated rings. The molecule has 0 unspecified atom stereocenters. The minimum absolute atomic E-state index is 0.164. The molecule has 7 heteroatoms. The fourth-order valence-electron chi connectivity index (χ4n) is 1.75. The van der Waals surface area contributed by atoms with E-state index in [-0.39, 0.29) is 15.6 Å². The van der Waals surface area contributed by atoms with Crippen LogP contribution in [0.3, 0.4) is 0 Å². The lowest BCUT2D eigenvalue weighted by atomic mass is 9.86. The van der Waals surface area contributed by atoms with Gasteiger partial charge < -0.3 is 5.73 Å². The van der Waals surface area contributed by atoms with E-state index in [1.165, 1.54) is 0 Å². The first-order chi connectivity index (χ1) is 8.40. The number of nitrogens with one attached hydrogen (secondary N) is 1. The summed E-state index contributed by atoms with van der Waals surface area (Å²) >= 11 is 5.73. The van der Waals surface area contributed by atoms with Crippen LogP contribution in [0, 0.1) is 11.7 Å². The third-order valence-electron chi connectivity index (χ3n) is 3.13. The maximum absolute atomic E-state index is 13.1. The van der Waals surface area contributed by atoms with Crippen LogP contribution in [0.25, 0.3) is 0 Å². The zero-order valence-electron chi connectivity index (χ0n) is 9.62. The van der Waals surface area contributed by atoms with E-state index in [0.717, 1.165) is 31.4 Å². The number of rotatable bonds is 4. The maximum atomic E-state index is 13.1. The van der Waals surface area contributed by atoms with Crippen molar-refractivity contribution in [3.05, 3.63) is 23.0 Å². The molecule has 1 aromatic carbocycles. The van der Waals surface area contributed by atoms with Crippen molar-refractivity contribution >= 4 is 27.3 Å². The highest BCUT2D eigenvalue weighted by atomic mass is 35.5. The molecule has 0 saturated heterocycles. The van der Waals surface area contributed by atoms with Crippen molar-refractivity contribution in [2.45, 2.75) is 24.2 Å². The summed E-state index contributed by atoms with van der Waals surface area (Å²) in [6.45, 7) is 0.385. The van der Waals surface area contributed by atoms with Crippen molar-refractivity contribution in [1.82, 2.24) is 4.72 Å². The third kappa shape index (κ3) is 2.76. The number of benzene rings is 1. The van der Waals surface area contributed by atoms with Gasteiger partial charge in [-0.2, -0.15) is 0 Å². The van der Waals surface area contributed by atoms with Crippen molar-refractivity contribution in [3.8, 4) is 0 Å². The lowest BCUT2D eigenvalue weighted by Gasteiger charge is -2.25. The topological polar surface area (TPSA) is 72.2 Å². The molecule has 0 aliphatic heterocycles. The van der Waals surface area contributed by atoms with Gasteiger partial charge in [0, 0.05) is 6.54 Å². The van der Waals surface area contributed by atoms with Crippen LogP contribution in [-0.2, 0) is 10.0 Å². The number of hydrogen-bond donors (Lipinski definition) is 2. The number of halogens is 2. The molecule has 0 bridgehead atoms. The molecule has 4 nitrogen and oxygen atoms in total. The molecule has 0 heterocycles. The highest BCUT2D eigenvalue weighted by Crippen LogP contribution is 2.28. The van der Waals surface area contributed by atoms with Gasteiger partial charge in [-0.3, -0.25) is 0 Å². The SMILES string of the molecule is Nc1cc(S(=O)(=O)NCC2CCC2)c(Cl)cc1F. The number of nitrogens with two attached hydrogens (primary N) is 1. The predicted octanol–water partition coefficient (Wildman–Crippen LogP) is 2.14. The van der Waals surface area contributed by atoms with Gasteiger partial charge in [0.05, 0.1) is 10.7 Å². The average molecular weight is 293 g/mol. The van der Waals surface area contributed by atoms with Gasteiger partial charge in [-0.1, -0.05) is 18.0 Å². The Labute approximate surface area is 110 Å². The van der Waals surface area contributed by atoms with Crippen LogP contribution in [0.5, 0.6) is 0 Å². The second kappa shape index (κ2) is 5.03. The Morgan fingerprint density at radius 3 is 2.67 bits per heavy atom. The smallest absolute Gasteiger partial charge is 0.242 e. The van der Waals surface area contributed by atoms with Crippen LogP contribution in [-0.4, -0.2) is 15.0 Å². The molecule has 1 aromatic rings. The molecule has 2 rings (SSSR count). The van der Waals surface area contributed by atoms with Crippen molar-refractivity contribution < 1.29 is 12.8 Å².